The van der Waals surface area contributed by atoms with Crippen LogP contribution in [0.15, 0.2) is 46.0 Å². The van der Waals surface area contributed by atoms with Crippen molar-refractivity contribution in [2.24, 2.45) is 0 Å². The Morgan fingerprint density at radius 1 is 1.23 bits per heavy atom. The number of halogens is 1. The molecule has 5 nitrogen and oxygen atoms in total. The van der Waals surface area contributed by atoms with Gasteiger partial charge in [0.05, 0.1) is 0 Å². The molecule has 1 atom stereocenters. The highest BCUT2D eigenvalue weighted by atomic mass is 35.5. The van der Waals surface area contributed by atoms with E-state index in [0.717, 1.165) is 11.3 Å². The summed E-state index contributed by atoms with van der Waals surface area (Å²) in [5.74, 6) is -0.110. The van der Waals surface area contributed by atoms with Gasteiger partial charge < -0.3 is 4.90 Å². The molecule has 1 saturated heterocycles. The van der Waals surface area contributed by atoms with E-state index in [-0.39, 0.29) is 16.5 Å². The molecule has 0 radical (unpaired) electrons. The van der Waals surface area contributed by atoms with Gasteiger partial charge in [-0.3, -0.25) is 4.79 Å². The lowest BCUT2D eigenvalue weighted by Gasteiger charge is -2.17. The Morgan fingerprint density at radius 2 is 1.95 bits per heavy atom. The Balaban J connectivity index is 1.74. The Kier molecular flexibility index (Phi) is 4.22. The number of rotatable bonds is 4. The third-order valence-corrected chi connectivity index (χ3v) is 6.52. The van der Waals surface area contributed by atoms with Crippen molar-refractivity contribution in [3.8, 4) is 0 Å². The van der Waals surface area contributed by atoms with Crippen molar-refractivity contribution in [3.63, 3.8) is 0 Å². The molecule has 1 N–H and O–H groups in total. The molecule has 2 aromatic rings. The van der Waals surface area contributed by atoms with Crippen LogP contribution in [0.25, 0.3) is 0 Å². The van der Waals surface area contributed by atoms with Gasteiger partial charge in [-0.15, -0.1) is 11.3 Å². The fraction of sp³-hybridized carbons (Fsp3) is 0.214. The molecule has 1 amide bonds. The third kappa shape index (κ3) is 3.17. The number of hydrogen-bond donors (Lipinski definition) is 1. The first kappa shape index (κ1) is 15.5. The summed E-state index contributed by atoms with van der Waals surface area (Å²) in [6.07, 6.45) is 0.146. The fourth-order valence-corrected chi connectivity index (χ4v) is 4.71. The van der Waals surface area contributed by atoms with E-state index >= 15 is 0 Å². The van der Waals surface area contributed by atoms with E-state index in [9.17, 15) is 13.2 Å². The van der Waals surface area contributed by atoms with Gasteiger partial charge in [-0.1, -0.05) is 17.7 Å². The Hall–Kier alpha value is -1.41. The number of anilines is 1. The van der Waals surface area contributed by atoms with Gasteiger partial charge in [0.2, 0.25) is 15.9 Å². The summed E-state index contributed by atoms with van der Waals surface area (Å²) >= 11 is 6.98. The summed E-state index contributed by atoms with van der Waals surface area (Å²) in [5.41, 5.74) is 0.715. The van der Waals surface area contributed by atoms with Crippen molar-refractivity contribution >= 4 is 44.6 Å². The third-order valence-electron chi connectivity index (χ3n) is 3.35. The zero-order chi connectivity index (χ0) is 15.7. The van der Waals surface area contributed by atoms with Crippen LogP contribution in [0.4, 0.5) is 5.69 Å². The van der Waals surface area contributed by atoms with Gasteiger partial charge in [0.25, 0.3) is 0 Å². The Labute approximate surface area is 137 Å². The SMILES string of the molecule is O=C1C[C@H](NS(=O)(=O)c2cccs2)CN1c1ccc(Cl)cc1. The standard InChI is InChI=1S/C14H13ClN2O3S2/c15-10-3-5-12(6-4-10)17-9-11(8-13(17)18)16-22(19,20)14-2-1-7-21-14/h1-7,11,16H,8-9H2/t11-/m0/s1. The van der Waals surface area contributed by atoms with Gasteiger partial charge in [-0.05, 0) is 35.7 Å². The molecule has 1 fully saturated rings. The topological polar surface area (TPSA) is 66.5 Å². The van der Waals surface area contributed by atoms with E-state index in [1.54, 1.807) is 46.7 Å². The van der Waals surface area contributed by atoms with Crippen LogP contribution in [0.1, 0.15) is 6.42 Å². The molecular formula is C14H13ClN2O3S2. The normalized spacial score (nSPS) is 18.9. The lowest BCUT2D eigenvalue weighted by molar-refractivity contribution is -0.117. The second kappa shape index (κ2) is 6.00. The lowest BCUT2D eigenvalue weighted by Crippen LogP contribution is -2.36. The van der Waals surface area contributed by atoms with Crippen LogP contribution in [0, 0.1) is 0 Å². The van der Waals surface area contributed by atoms with E-state index in [4.69, 9.17) is 11.6 Å². The van der Waals surface area contributed by atoms with E-state index in [0.29, 0.717) is 17.3 Å². The molecule has 2 heterocycles. The van der Waals surface area contributed by atoms with Gasteiger partial charge >= 0.3 is 0 Å². The number of thiophene rings is 1. The monoisotopic (exact) mass is 356 g/mol. The minimum absolute atomic E-state index is 0.110. The molecule has 0 bridgehead atoms. The second-order valence-electron chi connectivity index (χ2n) is 4.94. The number of carbonyl (C=O) groups is 1. The molecule has 0 saturated carbocycles. The number of nitrogens with one attached hydrogen (secondary N) is 1. The van der Waals surface area contributed by atoms with Crippen LogP contribution in [-0.2, 0) is 14.8 Å². The first-order valence-electron chi connectivity index (χ1n) is 6.57. The number of amides is 1. The molecule has 3 rings (SSSR count). The Morgan fingerprint density at radius 3 is 2.59 bits per heavy atom. The molecule has 116 valence electrons. The summed E-state index contributed by atoms with van der Waals surface area (Å²) < 4.78 is 27.2. The number of carbonyl (C=O) groups excluding carboxylic acids is 1. The molecule has 0 spiro atoms. The van der Waals surface area contributed by atoms with Gasteiger partial charge in [0, 0.05) is 29.7 Å². The first-order valence-corrected chi connectivity index (χ1v) is 9.31. The smallest absolute Gasteiger partial charge is 0.250 e. The van der Waals surface area contributed by atoms with E-state index in [2.05, 4.69) is 4.72 Å². The predicted octanol–water partition coefficient (Wildman–Crippen LogP) is 2.49. The van der Waals surface area contributed by atoms with Crippen LogP contribution >= 0.6 is 22.9 Å². The Bertz CT molecular complexity index is 773. The zero-order valence-corrected chi connectivity index (χ0v) is 13.8. The largest absolute Gasteiger partial charge is 0.311 e. The zero-order valence-electron chi connectivity index (χ0n) is 11.4. The van der Waals surface area contributed by atoms with Crippen LogP contribution in [0.3, 0.4) is 0 Å². The highest BCUT2D eigenvalue weighted by molar-refractivity contribution is 7.91. The summed E-state index contributed by atoms with van der Waals surface area (Å²) in [7, 11) is -3.57. The number of hydrogen-bond acceptors (Lipinski definition) is 4. The van der Waals surface area contributed by atoms with Crippen molar-refractivity contribution in [1.82, 2.24) is 4.72 Å². The quantitative estimate of drug-likeness (QED) is 0.915. The average Bonchev–Trinajstić information content (AvgIpc) is 3.10. The molecule has 1 aromatic carbocycles. The van der Waals surface area contributed by atoms with Crippen LogP contribution < -0.4 is 9.62 Å². The van der Waals surface area contributed by atoms with Gasteiger partial charge in [0.1, 0.15) is 4.21 Å². The van der Waals surface area contributed by atoms with Gasteiger partial charge in [-0.2, -0.15) is 0 Å². The highest BCUT2D eigenvalue weighted by Crippen LogP contribution is 2.24. The molecule has 1 aliphatic heterocycles. The van der Waals surface area contributed by atoms with Crippen molar-refractivity contribution in [1.29, 1.82) is 0 Å². The van der Waals surface area contributed by atoms with Gasteiger partial charge in [-0.25, -0.2) is 13.1 Å². The van der Waals surface area contributed by atoms with Crippen LogP contribution in [-0.4, -0.2) is 26.9 Å². The first-order chi connectivity index (χ1) is 10.5. The maximum Gasteiger partial charge on any atom is 0.250 e. The van der Waals surface area contributed by atoms with Crippen molar-refractivity contribution in [3.05, 3.63) is 46.8 Å². The number of nitrogens with zero attached hydrogens (tertiary/aromatic N) is 1. The van der Waals surface area contributed by atoms with E-state index in [1.807, 2.05) is 0 Å². The molecule has 0 unspecified atom stereocenters. The summed E-state index contributed by atoms with van der Waals surface area (Å²) in [4.78, 5) is 13.7. The van der Waals surface area contributed by atoms with E-state index < -0.39 is 16.1 Å². The average molecular weight is 357 g/mol. The van der Waals surface area contributed by atoms with Gasteiger partial charge in [0.15, 0.2) is 0 Å². The fourth-order valence-electron chi connectivity index (χ4n) is 2.35. The molecular weight excluding hydrogens is 344 g/mol. The summed E-state index contributed by atoms with van der Waals surface area (Å²) in [6.45, 7) is 0.311. The summed E-state index contributed by atoms with van der Waals surface area (Å²) in [6, 6.07) is 9.68. The maximum atomic E-state index is 12.2. The molecule has 8 heteroatoms. The van der Waals surface area contributed by atoms with Crippen LogP contribution in [0.5, 0.6) is 0 Å². The molecule has 0 aliphatic carbocycles. The lowest BCUT2D eigenvalue weighted by atomic mass is 10.3. The summed E-state index contributed by atoms with van der Waals surface area (Å²) in [5, 5.41) is 2.29. The maximum absolute atomic E-state index is 12.2. The minimum Gasteiger partial charge on any atom is -0.311 e. The van der Waals surface area contributed by atoms with Crippen molar-refractivity contribution in [2.45, 2.75) is 16.7 Å². The van der Waals surface area contributed by atoms with Crippen molar-refractivity contribution < 1.29 is 13.2 Å². The highest BCUT2D eigenvalue weighted by Gasteiger charge is 2.33. The number of sulfonamides is 1. The molecule has 1 aromatic heterocycles. The minimum atomic E-state index is -3.57. The van der Waals surface area contributed by atoms with E-state index in [1.165, 1.54) is 0 Å². The number of benzene rings is 1. The second-order valence-corrected chi connectivity index (χ2v) is 8.26. The molecule has 1 aliphatic rings. The molecule has 22 heavy (non-hydrogen) atoms. The van der Waals surface area contributed by atoms with Crippen LogP contribution in [0.2, 0.25) is 5.02 Å². The van der Waals surface area contributed by atoms with Crippen molar-refractivity contribution in [2.75, 3.05) is 11.4 Å². The predicted molar refractivity (Wildman–Crippen MR) is 86.9 cm³/mol.